The van der Waals surface area contributed by atoms with E-state index in [4.69, 9.17) is 18.0 Å². The molecule has 5 heteroatoms. The fourth-order valence-corrected chi connectivity index (χ4v) is 2.07. The summed E-state index contributed by atoms with van der Waals surface area (Å²) in [6.07, 6.45) is 4.78. The molecular weight excluding hydrogens is 196 g/mol. The van der Waals surface area contributed by atoms with Gasteiger partial charge in [0.15, 0.2) is 0 Å². The molecule has 0 unspecified atom stereocenters. The first-order valence-electron chi connectivity index (χ1n) is 5.17. The minimum absolute atomic E-state index is 0.449. The van der Waals surface area contributed by atoms with Gasteiger partial charge in [0.05, 0.1) is 12.3 Å². The topological polar surface area (TPSA) is 44.9 Å². The van der Waals surface area contributed by atoms with E-state index in [9.17, 15) is 0 Å². The Morgan fingerprint density at radius 1 is 1.21 bits per heavy atom. The van der Waals surface area contributed by atoms with Crippen LogP contribution in [0.4, 0.5) is 0 Å². The van der Waals surface area contributed by atoms with Gasteiger partial charge in [-0.3, -0.25) is 0 Å². The minimum atomic E-state index is 0.449. The monoisotopic (exact) mass is 212 g/mol. The summed E-state index contributed by atoms with van der Waals surface area (Å²) < 4.78 is 0. The molecule has 0 aliphatic carbocycles. The van der Waals surface area contributed by atoms with E-state index >= 15 is 0 Å². The van der Waals surface area contributed by atoms with E-state index in [0.29, 0.717) is 4.99 Å². The minimum Gasteiger partial charge on any atom is -0.388 e. The lowest BCUT2D eigenvalue weighted by Crippen LogP contribution is -2.41. The van der Waals surface area contributed by atoms with Gasteiger partial charge in [0.25, 0.3) is 0 Å². The van der Waals surface area contributed by atoms with Gasteiger partial charge in [-0.1, -0.05) is 18.6 Å². The number of hydrogen-bond donors (Lipinski definition) is 1. The standard InChI is InChI=1S/C9H16N4S/c10-9(14)8-4-7-13(11-8)12-5-2-1-3-6-12/h1-7H2,(H2,10,14). The molecule has 0 amide bonds. The van der Waals surface area contributed by atoms with Gasteiger partial charge in [0.2, 0.25) is 0 Å². The van der Waals surface area contributed by atoms with Crippen LogP contribution in [0.3, 0.4) is 0 Å². The highest BCUT2D eigenvalue weighted by molar-refractivity contribution is 7.82. The van der Waals surface area contributed by atoms with Gasteiger partial charge >= 0.3 is 0 Å². The maximum absolute atomic E-state index is 5.54. The van der Waals surface area contributed by atoms with Crippen LogP contribution in [-0.2, 0) is 0 Å². The summed E-state index contributed by atoms with van der Waals surface area (Å²) in [4.78, 5) is 0.449. The molecule has 0 bridgehead atoms. The van der Waals surface area contributed by atoms with Crippen molar-refractivity contribution in [3.63, 3.8) is 0 Å². The lowest BCUT2D eigenvalue weighted by Gasteiger charge is -2.32. The van der Waals surface area contributed by atoms with E-state index < -0.39 is 0 Å². The second-order valence-electron chi connectivity index (χ2n) is 3.77. The summed E-state index contributed by atoms with van der Waals surface area (Å²) in [7, 11) is 0. The van der Waals surface area contributed by atoms with Crippen LogP contribution in [0.1, 0.15) is 25.7 Å². The number of hydrogen-bond acceptors (Lipinski definition) is 4. The highest BCUT2D eigenvalue weighted by Gasteiger charge is 2.22. The van der Waals surface area contributed by atoms with Crippen LogP contribution in [-0.4, -0.2) is 40.5 Å². The smallest absolute Gasteiger partial charge is 0.120 e. The van der Waals surface area contributed by atoms with Crippen molar-refractivity contribution < 1.29 is 0 Å². The van der Waals surface area contributed by atoms with Crippen molar-refractivity contribution in [1.82, 2.24) is 10.1 Å². The third-order valence-electron chi connectivity index (χ3n) is 2.73. The average molecular weight is 212 g/mol. The second-order valence-corrected chi connectivity index (χ2v) is 4.21. The van der Waals surface area contributed by atoms with E-state index in [1.807, 2.05) is 5.12 Å². The average Bonchev–Trinajstić information content (AvgIpc) is 2.68. The fraction of sp³-hybridized carbons (Fsp3) is 0.778. The van der Waals surface area contributed by atoms with Crippen LogP contribution in [0.5, 0.6) is 0 Å². The molecular formula is C9H16N4S. The van der Waals surface area contributed by atoms with Crippen molar-refractivity contribution in [1.29, 1.82) is 0 Å². The number of nitrogens with two attached hydrogens (primary N) is 1. The van der Waals surface area contributed by atoms with E-state index in [1.54, 1.807) is 0 Å². The van der Waals surface area contributed by atoms with Crippen molar-refractivity contribution in [3.05, 3.63) is 0 Å². The van der Waals surface area contributed by atoms with Crippen molar-refractivity contribution >= 4 is 22.9 Å². The van der Waals surface area contributed by atoms with Crippen molar-refractivity contribution in [2.45, 2.75) is 25.7 Å². The van der Waals surface area contributed by atoms with Crippen LogP contribution in [0.15, 0.2) is 5.10 Å². The second kappa shape index (κ2) is 4.23. The molecule has 0 aromatic carbocycles. The molecule has 0 radical (unpaired) electrons. The molecule has 2 heterocycles. The summed E-state index contributed by atoms with van der Waals surface area (Å²) in [6.45, 7) is 3.18. The first-order valence-corrected chi connectivity index (χ1v) is 5.58. The molecule has 2 rings (SSSR count). The molecule has 4 nitrogen and oxygen atoms in total. The highest BCUT2D eigenvalue weighted by atomic mass is 32.1. The summed E-state index contributed by atoms with van der Waals surface area (Å²) in [5.41, 5.74) is 6.43. The van der Waals surface area contributed by atoms with Crippen molar-refractivity contribution in [2.24, 2.45) is 10.8 Å². The fourth-order valence-electron chi connectivity index (χ4n) is 1.93. The van der Waals surface area contributed by atoms with E-state index in [2.05, 4.69) is 10.1 Å². The quantitative estimate of drug-likeness (QED) is 0.686. The van der Waals surface area contributed by atoms with E-state index in [0.717, 1.165) is 31.8 Å². The Balaban J connectivity index is 1.96. The van der Waals surface area contributed by atoms with Crippen molar-refractivity contribution in [3.8, 4) is 0 Å². The van der Waals surface area contributed by atoms with Gasteiger partial charge in [-0.2, -0.15) is 5.10 Å². The maximum atomic E-state index is 5.54. The van der Waals surface area contributed by atoms with Gasteiger partial charge in [0.1, 0.15) is 4.99 Å². The molecule has 0 atom stereocenters. The van der Waals surface area contributed by atoms with Gasteiger partial charge in [-0.05, 0) is 12.8 Å². The summed E-state index contributed by atoms with van der Waals surface area (Å²) in [6, 6.07) is 0. The van der Waals surface area contributed by atoms with Gasteiger partial charge in [0, 0.05) is 19.5 Å². The van der Waals surface area contributed by atoms with Gasteiger partial charge < -0.3 is 5.73 Å². The Morgan fingerprint density at radius 2 is 1.93 bits per heavy atom. The normalized spacial score (nSPS) is 23.7. The lowest BCUT2D eigenvalue weighted by molar-refractivity contribution is -0.0281. The summed E-state index contributed by atoms with van der Waals surface area (Å²) in [5.74, 6) is 0. The molecule has 0 saturated carbocycles. The number of piperidine rings is 1. The van der Waals surface area contributed by atoms with Gasteiger partial charge in [-0.15, -0.1) is 0 Å². The number of thiocarbonyl (C=S) groups is 1. The first kappa shape index (κ1) is 9.86. The number of hydrazone groups is 1. The molecule has 2 aliphatic rings. The predicted octanol–water partition coefficient (Wildman–Crippen LogP) is 0.735. The van der Waals surface area contributed by atoms with E-state index in [-0.39, 0.29) is 0 Å². The molecule has 78 valence electrons. The Kier molecular flexibility index (Phi) is 2.98. The molecule has 2 N–H and O–H groups in total. The van der Waals surface area contributed by atoms with Crippen LogP contribution < -0.4 is 5.73 Å². The maximum Gasteiger partial charge on any atom is 0.120 e. The zero-order chi connectivity index (χ0) is 9.97. The molecule has 0 aromatic heterocycles. The van der Waals surface area contributed by atoms with Crippen LogP contribution in [0, 0.1) is 0 Å². The third kappa shape index (κ3) is 2.04. The van der Waals surface area contributed by atoms with Gasteiger partial charge in [-0.25, -0.2) is 10.1 Å². The summed E-state index contributed by atoms with van der Waals surface area (Å²) >= 11 is 4.91. The highest BCUT2D eigenvalue weighted by Crippen LogP contribution is 2.16. The van der Waals surface area contributed by atoms with E-state index in [1.165, 1.54) is 19.3 Å². The molecule has 1 fully saturated rings. The molecule has 14 heavy (non-hydrogen) atoms. The first-order chi connectivity index (χ1) is 6.77. The SMILES string of the molecule is NC(=S)C1=NN(N2CCCCC2)CC1. The molecule has 1 saturated heterocycles. The lowest BCUT2D eigenvalue weighted by atomic mass is 10.2. The molecule has 0 spiro atoms. The van der Waals surface area contributed by atoms with Crippen LogP contribution in [0.2, 0.25) is 0 Å². The van der Waals surface area contributed by atoms with Crippen molar-refractivity contribution in [2.75, 3.05) is 19.6 Å². The largest absolute Gasteiger partial charge is 0.388 e. The Bertz CT molecular complexity index is 258. The summed E-state index contributed by atoms with van der Waals surface area (Å²) in [5, 5.41) is 8.76. The third-order valence-corrected chi connectivity index (χ3v) is 2.96. The number of rotatable bonds is 2. The van der Waals surface area contributed by atoms with Crippen LogP contribution in [0.25, 0.3) is 0 Å². The molecule has 2 aliphatic heterocycles. The zero-order valence-electron chi connectivity index (χ0n) is 8.28. The Hall–Kier alpha value is -0.680. The Morgan fingerprint density at radius 3 is 2.50 bits per heavy atom. The number of nitrogens with zero attached hydrogens (tertiary/aromatic N) is 3. The molecule has 0 aromatic rings. The van der Waals surface area contributed by atoms with Crippen LogP contribution >= 0.6 is 12.2 Å². The Labute approximate surface area is 89.7 Å². The zero-order valence-corrected chi connectivity index (χ0v) is 9.09. The predicted molar refractivity (Wildman–Crippen MR) is 61.0 cm³/mol. The number of hydrazine groups is 1.